The number of aromatic amines is 2. The maximum atomic E-state index is 14.6. The number of hydrogen-bond acceptors (Lipinski definition) is 10. The number of nitrogens with zero attached hydrogens (tertiary/aromatic N) is 2. The smallest absolute Gasteiger partial charge is 0.251 e. The Labute approximate surface area is 443 Å². The highest BCUT2D eigenvalue weighted by Crippen LogP contribution is 2.29. The molecule has 3 aromatic carbocycles. The third-order valence-electron chi connectivity index (χ3n) is 14.6. The van der Waals surface area contributed by atoms with Crippen LogP contribution in [0.4, 0.5) is 0 Å². The van der Waals surface area contributed by atoms with E-state index in [0.29, 0.717) is 0 Å². The number of fused-ring (bicyclic) bond motifs is 2. The molecule has 10 N–H and O–H groups in total. The monoisotopic (exact) mass is 1040 g/mol. The minimum Gasteiger partial charge on any atom is -0.361 e. The van der Waals surface area contributed by atoms with Crippen molar-refractivity contribution in [3.63, 3.8) is 0 Å². The molecule has 0 bridgehead atoms. The average Bonchev–Trinajstić information content (AvgIpc) is 4.25. The van der Waals surface area contributed by atoms with E-state index in [1.807, 2.05) is 102 Å². The quantitative estimate of drug-likeness (QED) is 0.0613. The Morgan fingerprint density at radius 2 is 0.947 bits per heavy atom. The molecule has 2 saturated heterocycles. The van der Waals surface area contributed by atoms with E-state index in [1.165, 1.54) is 15.9 Å². The van der Waals surface area contributed by atoms with Crippen molar-refractivity contribution < 1.29 is 38.4 Å². The molecule has 8 atom stereocenters. The van der Waals surface area contributed by atoms with Crippen molar-refractivity contribution >= 4 is 69.1 Å². The van der Waals surface area contributed by atoms with Crippen LogP contribution in [-0.2, 0) is 41.9 Å². The molecule has 20 nitrogen and oxygen atoms in total. The summed E-state index contributed by atoms with van der Waals surface area (Å²) in [6.07, 6.45) is 3.77. The predicted molar refractivity (Wildman–Crippen MR) is 289 cm³/mol. The summed E-state index contributed by atoms with van der Waals surface area (Å²) in [5.74, 6) is -3.69. The van der Waals surface area contributed by atoms with Gasteiger partial charge in [-0.25, -0.2) is 0 Å². The van der Waals surface area contributed by atoms with Crippen molar-refractivity contribution in [2.24, 2.45) is 10.8 Å². The number of aromatic nitrogens is 2. The Morgan fingerprint density at radius 3 is 1.32 bits per heavy atom. The van der Waals surface area contributed by atoms with Crippen molar-refractivity contribution in [2.45, 2.75) is 130 Å². The first-order valence-electron chi connectivity index (χ1n) is 25.9. The average molecular weight is 1040 g/mol. The van der Waals surface area contributed by atoms with Crippen molar-refractivity contribution in [1.29, 1.82) is 0 Å². The molecule has 0 spiro atoms. The lowest BCUT2D eigenvalue weighted by Crippen LogP contribution is -2.59. The van der Waals surface area contributed by atoms with Crippen LogP contribution in [0.15, 0.2) is 85.2 Å². The largest absolute Gasteiger partial charge is 0.361 e. The molecule has 0 saturated carbocycles. The van der Waals surface area contributed by atoms with Gasteiger partial charge in [-0.2, -0.15) is 0 Å². The van der Waals surface area contributed by atoms with E-state index in [4.69, 9.17) is 0 Å². The zero-order valence-electron chi connectivity index (χ0n) is 45.1. The molecule has 8 unspecified atom stereocenters. The lowest BCUT2D eigenvalue weighted by molar-refractivity contribution is -0.144. The van der Waals surface area contributed by atoms with Gasteiger partial charge in [0.25, 0.3) is 11.8 Å². The standard InChI is InChI=1S/C56H74N12O8/c1-31(57-9)47(69)65-45(55(3,4)5)53(75)67-29-37(25-43(67)51(73)61-27-35-16-12-18-41-39(35)20-22-59-41)63-49(71)33-14-11-15-34(24-33)50(72)64-38-26-44(52(74)62-28-36-17-13-19-42-40(36)21-23-60-42)68(30-38)54(76)46(56(6,7)8)66-48(70)32(2)58-10/h11-24,31-32,37-38,43-46,57-60H,25-30H2,1-10H3,(H,61,73)(H,62,74)(H,63,71)(H,64,72)(H,65,69)(H,66,70). The number of H-pyrrole nitrogens is 2. The van der Waals surface area contributed by atoms with Gasteiger partial charge in [0.05, 0.1) is 12.1 Å². The van der Waals surface area contributed by atoms with Gasteiger partial charge in [0.15, 0.2) is 0 Å². The molecule has 20 heteroatoms. The third kappa shape index (κ3) is 12.9. The molecular weight excluding hydrogens is 969 g/mol. The summed E-state index contributed by atoms with van der Waals surface area (Å²) in [5.41, 5.74) is 2.30. The Bertz CT molecular complexity index is 2780. The van der Waals surface area contributed by atoms with Crippen LogP contribution in [-0.4, -0.2) is 143 Å². The molecule has 5 aromatic rings. The lowest BCUT2D eigenvalue weighted by atomic mass is 9.85. The number of nitrogens with one attached hydrogen (secondary N) is 10. The zero-order valence-corrected chi connectivity index (χ0v) is 45.1. The van der Waals surface area contributed by atoms with Gasteiger partial charge in [0.2, 0.25) is 35.4 Å². The summed E-state index contributed by atoms with van der Waals surface area (Å²) in [6, 6.07) is 14.7. The number of benzene rings is 3. The van der Waals surface area contributed by atoms with Crippen LogP contribution >= 0.6 is 0 Å². The molecule has 8 amide bonds. The molecular formula is C56H74N12O8. The van der Waals surface area contributed by atoms with Gasteiger partial charge < -0.3 is 62.3 Å². The molecule has 0 radical (unpaired) electrons. The van der Waals surface area contributed by atoms with Gasteiger partial charge in [-0.05, 0) is 105 Å². The first-order chi connectivity index (χ1) is 36.0. The van der Waals surface area contributed by atoms with Crippen molar-refractivity contribution in [3.8, 4) is 0 Å². The molecule has 0 aliphatic carbocycles. The van der Waals surface area contributed by atoms with Gasteiger partial charge in [-0.3, -0.25) is 38.4 Å². The fourth-order valence-electron chi connectivity index (χ4n) is 9.84. The van der Waals surface area contributed by atoms with Crippen LogP contribution in [0.3, 0.4) is 0 Å². The highest BCUT2D eigenvalue weighted by molar-refractivity contribution is 6.01. The highest BCUT2D eigenvalue weighted by atomic mass is 16.2. The number of rotatable bonds is 18. The maximum Gasteiger partial charge on any atom is 0.251 e. The fourth-order valence-corrected chi connectivity index (χ4v) is 9.84. The summed E-state index contributed by atoms with van der Waals surface area (Å²) in [7, 11) is 3.28. The number of hydrogen-bond donors (Lipinski definition) is 10. The Balaban J connectivity index is 1.07. The summed E-state index contributed by atoms with van der Waals surface area (Å²) >= 11 is 0. The molecule has 2 fully saturated rings. The van der Waals surface area contributed by atoms with Crippen molar-refractivity contribution in [2.75, 3.05) is 27.2 Å². The predicted octanol–water partition coefficient (Wildman–Crippen LogP) is 2.96. The third-order valence-corrected chi connectivity index (χ3v) is 14.6. The molecule has 76 heavy (non-hydrogen) atoms. The van der Waals surface area contributed by atoms with E-state index < -0.39 is 94.6 Å². The lowest BCUT2D eigenvalue weighted by Gasteiger charge is -2.36. The first-order valence-corrected chi connectivity index (χ1v) is 25.9. The van der Waals surface area contributed by atoms with Crippen LogP contribution in [0, 0.1) is 10.8 Å². The fraction of sp³-hybridized carbons (Fsp3) is 0.464. The van der Waals surface area contributed by atoms with Gasteiger partial charge in [-0.1, -0.05) is 71.9 Å². The molecule has 2 aliphatic rings. The van der Waals surface area contributed by atoms with Gasteiger partial charge >= 0.3 is 0 Å². The Morgan fingerprint density at radius 1 is 0.566 bits per heavy atom. The van der Waals surface area contributed by atoms with E-state index >= 15 is 0 Å². The second-order valence-corrected chi connectivity index (χ2v) is 22.2. The second-order valence-electron chi connectivity index (χ2n) is 22.2. The van der Waals surface area contributed by atoms with Crippen LogP contribution < -0.4 is 42.5 Å². The minimum atomic E-state index is -1.02. The first kappa shape index (κ1) is 56.2. The summed E-state index contributed by atoms with van der Waals surface area (Å²) < 4.78 is 0. The highest BCUT2D eigenvalue weighted by Gasteiger charge is 2.47. The number of amides is 8. The SMILES string of the molecule is CNC(C)C(=O)NC(C(=O)N1CC(NC(=O)c2cccc(C(=O)NC3CC(C(=O)NCc4cccc5[nH]ccc45)N(C(=O)C(NC(=O)C(C)NC)C(C)(C)C)C3)c2)CC1C(=O)NCc1cccc2[nH]ccc12)C(C)(C)C. The second kappa shape index (κ2) is 23.5. The summed E-state index contributed by atoms with van der Waals surface area (Å²) in [4.78, 5) is 121. The maximum absolute atomic E-state index is 14.6. The summed E-state index contributed by atoms with van der Waals surface area (Å²) in [6.45, 7) is 14.6. The van der Waals surface area contributed by atoms with Crippen molar-refractivity contribution in [3.05, 3.63) is 107 Å². The number of carbonyl (C=O) groups excluding carboxylic acids is 8. The van der Waals surface area contributed by atoms with E-state index in [9.17, 15) is 38.4 Å². The molecule has 4 heterocycles. The van der Waals surface area contributed by atoms with Crippen molar-refractivity contribution in [1.82, 2.24) is 62.3 Å². The van der Waals surface area contributed by atoms with Crippen LogP contribution in [0.25, 0.3) is 21.8 Å². The van der Waals surface area contributed by atoms with Gasteiger partial charge in [-0.15, -0.1) is 0 Å². The Kier molecular flexibility index (Phi) is 17.4. The van der Waals surface area contributed by atoms with Gasteiger partial charge in [0.1, 0.15) is 24.2 Å². The van der Waals surface area contributed by atoms with E-state index in [2.05, 4.69) is 52.5 Å². The normalized spacial score (nSPS) is 19.3. The number of likely N-dealkylation sites (tertiary alicyclic amines) is 2. The van der Waals surface area contributed by atoms with Crippen LogP contribution in [0.2, 0.25) is 0 Å². The number of likely N-dealkylation sites (N-methyl/N-ethyl adjacent to an activating group) is 2. The van der Waals surface area contributed by atoms with E-state index in [0.717, 1.165) is 32.9 Å². The molecule has 2 aromatic heterocycles. The van der Waals surface area contributed by atoms with Crippen LogP contribution in [0.5, 0.6) is 0 Å². The topological polar surface area (TPSA) is 271 Å². The molecule has 7 rings (SSSR count). The molecule has 2 aliphatic heterocycles. The zero-order chi connectivity index (χ0) is 55.2. The van der Waals surface area contributed by atoms with Gasteiger partial charge in [0, 0.05) is 83.6 Å². The van der Waals surface area contributed by atoms with Crippen LogP contribution in [0.1, 0.15) is 100 Å². The van der Waals surface area contributed by atoms with E-state index in [-0.39, 0.29) is 62.0 Å². The summed E-state index contributed by atoms with van der Waals surface area (Å²) in [5, 5.41) is 25.4. The van der Waals surface area contributed by atoms with E-state index in [1.54, 1.807) is 46.1 Å². The Hall–Kier alpha value is -7.58. The molecule has 406 valence electrons. The number of carbonyl (C=O) groups is 8. The minimum absolute atomic E-state index is 0.0397.